The Labute approximate surface area is 216 Å². The molecule has 8 nitrogen and oxygen atoms in total. The third-order valence-corrected chi connectivity index (χ3v) is 6.97. The molecule has 172 valence electrons. The van der Waals surface area contributed by atoms with Gasteiger partial charge in [-0.05, 0) is 106 Å². The first kappa shape index (κ1) is 26.6. The van der Waals surface area contributed by atoms with Gasteiger partial charge in [-0.25, -0.2) is 4.79 Å². The first-order valence-electron chi connectivity index (χ1n) is 8.91. The van der Waals surface area contributed by atoms with Crippen LogP contribution in [0.15, 0.2) is 42.2 Å². The van der Waals surface area contributed by atoms with Crippen LogP contribution in [0.1, 0.15) is 34.7 Å². The van der Waals surface area contributed by atoms with E-state index in [0.717, 1.165) is 0 Å². The average Bonchev–Trinajstić information content (AvgIpc) is 2.73. The Balaban J connectivity index is 2.34. The number of ether oxygens (including phenoxy) is 1. The molecule has 0 aromatic heterocycles. The predicted molar refractivity (Wildman–Crippen MR) is 130 cm³/mol. The number of benzene rings is 2. The molecule has 0 aliphatic heterocycles. The number of methoxy groups -OCH3 is 1. The molecule has 2 aromatic rings. The van der Waals surface area contributed by atoms with Crippen molar-refractivity contribution < 1.29 is 34.4 Å². The van der Waals surface area contributed by atoms with Crippen LogP contribution in [0.25, 0.3) is 0 Å². The number of halogens is 4. The van der Waals surface area contributed by atoms with Gasteiger partial charge in [0.15, 0.2) is 0 Å². The molecule has 2 unspecified atom stereocenters. The fourth-order valence-electron chi connectivity index (χ4n) is 2.89. The Hall–Kier alpha value is -1.63. The number of phenolic OH excluding ortho intramolecular Hbond substituents is 2. The second kappa shape index (κ2) is 11.5. The molecule has 0 aliphatic carbocycles. The lowest BCUT2D eigenvalue weighted by molar-refractivity contribution is -0.142. The van der Waals surface area contributed by atoms with Gasteiger partial charge in [0.2, 0.25) is 0 Å². The molecule has 0 heterocycles. The molecular weight excluding hydrogens is 686 g/mol. The molecular formula is C20H17Br4NO7. The number of rotatable bonds is 8. The number of carbonyl (C=O) groups excluding carboxylic acids is 2. The predicted octanol–water partition coefficient (Wildman–Crippen LogP) is 5.07. The summed E-state index contributed by atoms with van der Waals surface area (Å²) < 4.78 is 5.95. The van der Waals surface area contributed by atoms with E-state index < -0.39 is 29.8 Å². The van der Waals surface area contributed by atoms with Gasteiger partial charge in [0.05, 0.1) is 31.4 Å². The van der Waals surface area contributed by atoms with E-state index in [2.05, 4.69) is 69.0 Å². The summed E-state index contributed by atoms with van der Waals surface area (Å²) in [6.07, 6.45) is -0.267. The van der Waals surface area contributed by atoms with Crippen molar-refractivity contribution in [3.05, 3.63) is 53.3 Å². The van der Waals surface area contributed by atoms with E-state index in [-0.39, 0.29) is 38.8 Å². The Morgan fingerprint density at radius 3 is 1.84 bits per heavy atom. The molecule has 0 bridgehead atoms. The van der Waals surface area contributed by atoms with Crippen LogP contribution in [0.3, 0.4) is 0 Å². The van der Waals surface area contributed by atoms with Crippen molar-refractivity contribution >= 4 is 81.6 Å². The van der Waals surface area contributed by atoms with Crippen LogP contribution in [0, 0.1) is 0 Å². The van der Waals surface area contributed by atoms with Gasteiger partial charge >= 0.3 is 11.9 Å². The summed E-state index contributed by atoms with van der Waals surface area (Å²) in [6, 6.07) is 4.52. The fraction of sp³-hybridized carbons (Fsp3) is 0.250. The highest BCUT2D eigenvalue weighted by Crippen LogP contribution is 2.38. The first-order chi connectivity index (χ1) is 14.9. The summed E-state index contributed by atoms with van der Waals surface area (Å²) >= 11 is 12.7. The highest BCUT2D eigenvalue weighted by Gasteiger charge is 2.29. The monoisotopic (exact) mass is 699 g/mol. The summed E-state index contributed by atoms with van der Waals surface area (Å²) in [7, 11) is 1.22. The minimum atomic E-state index is -1.34. The van der Waals surface area contributed by atoms with E-state index >= 15 is 0 Å². The lowest BCUT2D eigenvalue weighted by Crippen LogP contribution is -2.42. The lowest BCUT2D eigenvalue weighted by Gasteiger charge is -2.22. The van der Waals surface area contributed by atoms with Crippen molar-refractivity contribution in [1.82, 2.24) is 5.32 Å². The number of phenols is 2. The van der Waals surface area contributed by atoms with Crippen molar-refractivity contribution in [3.63, 3.8) is 0 Å². The topological polar surface area (TPSA) is 133 Å². The van der Waals surface area contributed by atoms with Gasteiger partial charge in [0.25, 0.3) is 5.91 Å². The van der Waals surface area contributed by atoms with E-state index in [4.69, 9.17) is 4.74 Å². The van der Waals surface area contributed by atoms with Crippen LogP contribution >= 0.6 is 63.7 Å². The molecule has 32 heavy (non-hydrogen) atoms. The summed E-state index contributed by atoms with van der Waals surface area (Å²) in [6.45, 7) is 0. The van der Waals surface area contributed by atoms with Gasteiger partial charge in [-0.1, -0.05) is 0 Å². The number of carbonyl (C=O) groups is 3. The zero-order valence-electron chi connectivity index (χ0n) is 16.4. The van der Waals surface area contributed by atoms with Gasteiger partial charge in [0, 0.05) is 5.56 Å². The van der Waals surface area contributed by atoms with E-state index in [0.29, 0.717) is 14.5 Å². The van der Waals surface area contributed by atoms with Crippen LogP contribution in [-0.4, -0.2) is 46.3 Å². The van der Waals surface area contributed by atoms with Crippen LogP contribution in [0.2, 0.25) is 0 Å². The quantitative estimate of drug-likeness (QED) is 0.283. The number of carboxylic acids is 1. The number of nitrogens with one attached hydrogen (secondary N) is 1. The summed E-state index contributed by atoms with van der Waals surface area (Å²) in [5.74, 6) is -3.31. The van der Waals surface area contributed by atoms with Crippen molar-refractivity contribution in [3.8, 4) is 11.5 Å². The first-order valence-corrected chi connectivity index (χ1v) is 12.1. The van der Waals surface area contributed by atoms with Crippen LogP contribution in [0.5, 0.6) is 11.5 Å². The van der Waals surface area contributed by atoms with Crippen molar-refractivity contribution in [2.75, 3.05) is 7.11 Å². The molecule has 2 atom stereocenters. The molecule has 0 saturated heterocycles. The van der Waals surface area contributed by atoms with Crippen molar-refractivity contribution in [1.29, 1.82) is 0 Å². The number of carboxylic acid groups (broad SMARTS) is 1. The molecule has 0 fully saturated rings. The second-order valence-corrected chi connectivity index (χ2v) is 10.1. The Bertz CT molecular complexity index is 1010. The minimum absolute atomic E-state index is 0.0443. The van der Waals surface area contributed by atoms with Gasteiger partial charge in [0.1, 0.15) is 17.5 Å². The van der Waals surface area contributed by atoms with Gasteiger partial charge in [-0.15, -0.1) is 0 Å². The van der Waals surface area contributed by atoms with E-state index in [1.165, 1.54) is 19.2 Å². The van der Waals surface area contributed by atoms with E-state index in [9.17, 15) is 29.7 Å². The fourth-order valence-corrected chi connectivity index (χ4v) is 5.30. The largest absolute Gasteiger partial charge is 0.506 e. The Morgan fingerprint density at radius 1 is 0.938 bits per heavy atom. The van der Waals surface area contributed by atoms with Crippen LogP contribution < -0.4 is 5.32 Å². The SMILES string of the molecule is COC(=O)CC(CC(NC(=O)c1cc(Br)c(O)c(Br)c1)C(=O)O)c1cc(Br)c(O)c(Br)c1. The maximum Gasteiger partial charge on any atom is 0.326 e. The van der Waals surface area contributed by atoms with E-state index in [1.807, 2.05) is 0 Å². The third kappa shape index (κ3) is 6.69. The van der Waals surface area contributed by atoms with Crippen molar-refractivity contribution in [2.45, 2.75) is 24.8 Å². The molecule has 0 aliphatic rings. The van der Waals surface area contributed by atoms with E-state index in [1.54, 1.807) is 12.1 Å². The summed E-state index contributed by atoms with van der Waals surface area (Å²) in [5.41, 5.74) is 0.676. The number of aromatic hydroxyl groups is 2. The standard InChI is InChI=1S/C20H17Br4NO7/c1-32-16(26)7-9(8-2-11(21)17(27)12(22)3-8)6-15(20(30)31)25-19(29)10-4-13(23)18(28)14(24)5-10/h2-5,9,15,27-28H,6-7H2,1H3,(H,25,29)(H,30,31). The highest BCUT2D eigenvalue weighted by molar-refractivity contribution is 9.11. The summed E-state index contributed by atoms with van der Waals surface area (Å²) in [4.78, 5) is 36.6. The average molecular weight is 703 g/mol. The van der Waals surface area contributed by atoms with Gasteiger partial charge in [-0.3, -0.25) is 9.59 Å². The smallest absolute Gasteiger partial charge is 0.326 e. The molecule has 2 rings (SSSR count). The molecule has 12 heteroatoms. The molecule has 0 spiro atoms. The molecule has 2 aromatic carbocycles. The summed E-state index contributed by atoms with van der Waals surface area (Å²) in [5, 5.41) is 31.9. The number of hydrogen-bond donors (Lipinski definition) is 4. The maximum atomic E-state index is 12.7. The Kier molecular flexibility index (Phi) is 9.55. The van der Waals surface area contributed by atoms with Crippen molar-refractivity contribution in [2.24, 2.45) is 0 Å². The maximum absolute atomic E-state index is 12.7. The molecule has 4 N–H and O–H groups in total. The molecule has 0 saturated carbocycles. The zero-order chi connectivity index (χ0) is 24.2. The van der Waals surface area contributed by atoms with Crippen LogP contribution in [0.4, 0.5) is 0 Å². The van der Waals surface area contributed by atoms with Gasteiger partial charge in [-0.2, -0.15) is 0 Å². The number of aliphatic carboxylic acids is 1. The van der Waals surface area contributed by atoms with Gasteiger partial charge < -0.3 is 25.4 Å². The van der Waals surface area contributed by atoms with Crippen LogP contribution in [-0.2, 0) is 14.3 Å². The zero-order valence-corrected chi connectivity index (χ0v) is 22.7. The number of amides is 1. The number of hydrogen-bond acceptors (Lipinski definition) is 6. The third-order valence-electron chi connectivity index (χ3n) is 4.55. The minimum Gasteiger partial charge on any atom is -0.506 e. The normalized spacial score (nSPS) is 12.7. The molecule has 1 amide bonds. The number of esters is 1. The molecule has 0 radical (unpaired) electrons. The highest BCUT2D eigenvalue weighted by atomic mass is 79.9. The Morgan fingerprint density at radius 2 is 1.41 bits per heavy atom. The lowest BCUT2D eigenvalue weighted by atomic mass is 9.89. The second-order valence-electron chi connectivity index (χ2n) is 6.70.